The fourth-order valence-corrected chi connectivity index (χ4v) is 0.386. The van der Waals surface area contributed by atoms with Crippen molar-refractivity contribution in [1.82, 2.24) is 0 Å². The first-order valence-electron chi connectivity index (χ1n) is 3.23. The molecule has 0 aromatic carbocycles. The summed E-state index contributed by atoms with van der Waals surface area (Å²) in [6, 6.07) is 0. The van der Waals surface area contributed by atoms with E-state index in [1.54, 1.807) is 13.2 Å². The number of hydrogen-bond donors (Lipinski definition) is 0. The van der Waals surface area contributed by atoms with Crippen molar-refractivity contribution >= 4 is 5.78 Å². The van der Waals surface area contributed by atoms with Gasteiger partial charge in [-0.3, -0.25) is 4.79 Å². The van der Waals surface area contributed by atoms with Crippen molar-refractivity contribution in [3.8, 4) is 0 Å². The van der Waals surface area contributed by atoms with Crippen molar-refractivity contribution in [2.75, 3.05) is 7.11 Å². The van der Waals surface area contributed by atoms with E-state index in [0.717, 1.165) is 0 Å². The fourth-order valence-electron chi connectivity index (χ4n) is 0.386. The van der Waals surface area contributed by atoms with Gasteiger partial charge in [0.1, 0.15) is 0 Å². The Bertz CT molecular complexity index is 145. The maximum absolute atomic E-state index is 10.5. The highest BCUT2D eigenvalue weighted by Gasteiger charge is 2.10. The van der Waals surface area contributed by atoms with Crippen molar-refractivity contribution in [2.45, 2.75) is 26.4 Å². The van der Waals surface area contributed by atoms with Gasteiger partial charge in [0, 0.05) is 7.11 Å². The van der Waals surface area contributed by atoms with Gasteiger partial charge in [-0.25, -0.2) is 0 Å². The zero-order valence-corrected chi connectivity index (χ0v) is 6.97. The summed E-state index contributed by atoms with van der Waals surface area (Å²) in [5, 5.41) is 0. The first kappa shape index (κ1) is 9.37. The Morgan fingerprint density at radius 2 is 2.00 bits per heavy atom. The maximum Gasteiger partial charge on any atom is 0.152 e. The highest BCUT2D eigenvalue weighted by Crippen LogP contribution is 2.08. The van der Waals surface area contributed by atoms with Crippen molar-refractivity contribution in [1.29, 1.82) is 0 Å². The van der Waals surface area contributed by atoms with E-state index in [1.165, 1.54) is 13.0 Å². The minimum atomic E-state index is -0.328. The molecule has 0 N–H and O–H groups in total. The van der Waals surface area contributed by atoms with Crippen molar-refractivity contribution < 1.29 is 9.53 Å². The van der Waals surface area contributed by atoms with Crippen LogP contribution in [0, 0.1) is 0 Å². The molecule has 0 amide bonds. The van der Waals surface area contributed by atoms with E-state index in [1.807, 2.05) is 13.8 Å². The molecule has 2 nitrogen and oxygen atoms in total. The lowest BCUT2D eigenvalue weighted by atomic mass is 10.1. The Morgan fingerprint density at radius 1 is 1.50 bits per heavy atom. The summed E-state index contributed by atoms with van der Waals surface area (Å²) in [7, 11) is 1.62. The van der Waals surface area contributed by atoms with Crippen LogP contribution in [-0.2, 0) is 9.53 Å². The third-order valence-corrected chi connectivity index (χ3v) is 1.25. The number of hydrogen-bond acceptors (Lipinski definition) is 2. The van der Waals surface area contributed by atoms with Gasteiger partial charge in [-0.15, -0.1) is 0 Å². The molecule has 58 valence electrons. The SMILES string of the molecule is COC(C)(C)/C=C/C(C)=O. The van der Waals surface area contributed by atoms with Crippen LogP contribution in [0.3, 0.4) is 0 Å². The second kappa shape index (κ2) is 3.52. The van der Waals surface area contributed by atoms with Gasteiger partial charge in [0.2, 0.25) is 0 Å². The van der Waals surface area contributed by atoms with E-state index < -0.39 is 0 Å². The third kappa shape index (κ3) is 4.27. The Balaban J connectivity index is 3.99. The number of carbonyl (C=O) groups excluding carboxylic acids is 1. The van der Waals surface area contributed by atoms with Crippen molar-refractivity contribution in [3.63, 3.8) is 0 Å². The molecule has 0 aliphatic heterocycles. The number of ether oxygens (including phenoxy) is 1. The fraction of sp³-hybridized carbons (Fsp3) is 0.625. The second-order valence-electron chi connectivity index (χ2n) is 2.75. The number of rotatable bonds is 3. The molecule has 0 saturated carbocycles. The molecule has 0 aromatic heterocycles. The number of carbonyl (C=O) groups is 1. The molecule has 0 spiro atoms. The largest absolute Gasteiger partial charge is 0.375 e. The van der Waals surface area contributed by atoms with Crippen LogP contribution in [-0.4, -0.2) is 18.5 Å². The molecule has 0 heterocycles. The molecular weight excluding hydrogens is 128 g/mol. The van der Waals surface area contributed by atoms with Crippen LogP contribution in [0.1, 0.15) is 20.8 Å². The van der Waals surface area contributed by atoms with Crippen molar-refractivity contribution in [3.05, 3.63) is 12.2 Å². The molecule has 0 saturated heterocycles. The topological polar surface area (TPSA) is 26.3 Å². The van der Waals surface area contributed by atoms with Crippen LogP contribution in [0.5, 0.6) is 0 Å². The van der Waals surface area contributed by atoms with Crippen molar-refractivity contribution in [2.24, 2.45) is 0 Å². The standard InChI is InChI=1S/C8H14O2/c1-7(9)5-6-8(2,3)10-4/h5-6H,1-4H3/b6-5+. The molecule has 0 aromatic rings. The second-order valence-corrected chi connectivity index (χ2v) is 2.75. The Kier molecular flexibility index (Phi) is 3.30. The van der Waals surface area contributed by atoms with E-state index in [2.05, 4.69) is 0 Å². The number of ketones is 1. The van der Waals surface area contributed by atoms with E-state index >= 15 is 0 Å². The van der Waals surface area contributed by atoms with E-state index in [4.69, 9.17) is 4.74 Å². The van der Waals surface area contributed by atoms with Crippen LogP contribution < -0.4 is 0 Å². The number of methoxy groups -OCH3 is 1. The molecular formula is C8H14O2. The van der Waals surface area contributed by atoms with Crippen LogP contribution in [0.15, 0.2) is 12.2 Å². The maximum atomic E-state index is 10.5. The van der Waals surface area contributed by atoms with Gasteiger partial charge in [0.05, 0.1) is 5.60 Å². The molecule has 0 unspecified atom stereocenters. The smallest absolute Gasteiger partial charge is 0.152 e. The Hall–Kier alpha value is -0.630. The molecule has 0 atom stereocenters. The molecule has 0 aliphatic carbocycles. The first-order chi connectivity index (χ1) is 4.48. The summed E-state index contributed by atoms with van der Waals surface area (Å²) in [6.45, 7) is 5.31. The molecule has 0 radical (unpaired) electrons. The Labute approximate surface area is 61.9 Å². The van der Waals surface area contributed by atoms with Gasteiger partial charge in [-0.05, 0) is 32.9 Å². The zero-order valence-electron chi connectivity index (χ0n) is 6.97. The lowest BCUT2D eigenvalue weighted by molar-refractivity contribution is -0.112. The van der Waals surface area contributed by atoms with Crippen LogP contribution >= 0.6 is 0 Å². The summed E-state index contributed by atoms with van der Waals surface area (Å²) >= 11 is 0. The predicted molar refractivity (Wildman–Crippen MR) is 40.9 cm³/mol. The summed E-state index contributed by atoms with van der Waals surface area (Å²) in [5.41, 5.74) is -0.328. The highest BCUT2D eigenvalue weighted by atomic mass is 16.5. The van der Waals surface area contributed by atoms with Gasteiger partial charge in [0.15, 0.2) is 5.78 Å². The van der Waals surface area contributed by atoms with Gasteiger partial charge in [0.25, 0.3) is 0 Å². The number of allylic oxidation sites excluding steroid dienone is 1. The van der Waals surface area contributed by atoms with Crippen LogP contribution in [0.2, 0.25) is 0 Å². The normalized spacial score (nSPS) is 12.4. The molecule has 2 heteroatoms. The lowest BCUT2D eigenvalue weighted by Gasteiger charge is -2.16. The highest BCUT2D eigenvalue weighted by molar-refractivity contribution is 5.87. The minimum Gasteiger partial charge on any atom is -0.375 e. The van der Waals surface area contributed by atoms with E-state index in [0.29, 0.717) is 0 Å². The monoisotopic (exact) mass is 142 g/mol. The summed E-state index contributed by atoms with van der Waals surface area (Å²) in [6.07, 6.45) is 3.26. The van der Waals surface area contributed by atoms with E-state index in [9.17, 15) is 4.79 Å². The van der Waals surface area contributed by atoms with Crippen LogP contribution in [0.25, 0.3) is 0 Å². The molecule has 0 aliphatic rings. The molecule has 0 fully saturated rings. The summed E-state index contributed by atoms with van der Waals surface area (Å²) in [4.78, 5) is 10.5. The van der Waals surface area contributed by atoms with Gasteiger partial charge in [-0.1, -0.05) is 0 Å². The predicted octanol–water partition coefficient (Wildman–Crippen LogP) is 1.56. The first-order valence-corrected chi connectivity index (χ1v) is 3.23. The van der Waals surface area contributed by atoms with Gasteiger partial charge >= 0.3 is 0 Å². The third-order valence-electron chi connectivity index (χ3n) is 1.25. The van der Waals surface area contributed by atoms with Gasteiger partial charge < -0.3 is 4.74 Å². The summed E-state index contributed by atoms with van der Waals surface area (Å²) < 4.78 is 5.05. The quantitative estimate of drug-likeness (QED) is 0.559. The lowest BCUT2D eigenvalue weighted by Crippen LogP contribution is -2.18. The molecule has 0 rings (SSSR count). The average Bonchev–Trinajstić information content (AvgIpc) is 1.85. The summed E-state index contributed by atoms with van der Waals surface area (Å²) in [5.74, 6) is 0.0464. The molecule has 0 bridgehead atoms. The minimum absolute atomic E-state index is 0.0464. The van der Waals surface area contributed by atoms with Gasteiger partial charge in [-0.2, -0.15) is 0 Å². The zero-order chi connectivity index (χ0) is 8.20. The average molecular weight is 142 g/mol. The van der Waals surface area contributed by atoms with E-state index in [-0.39, 0.29) is 11.4 Å². The Morgan fingerprint density at radius 3 is 2.30 bits per heavy atom. The molecule has 10 heavy (non-hydrogen) atoms. The van der Waals surface area contributed by atoms with Crippen LogP contribution in [0.4, 0.5) is 0 Å².